The lowest BCUT2D eigenvalue weighted by molar-refractivity contribution is -0.150. The van der Waals surface area contributed by atoms with Gasteiger partial charge in [-0.25, -0.2) is 0 Å². The molecule has 1 saturated carbocycles. The first-order chi connectivity index (χ1) is 10.4. The minimum Gasteiger partial charge on any atom is -0.367 e. The molecule has 1 atom stereocenters. The van der Waals surface area contributed by atoms with Gasteiger partial charge in [-0.15, -0.1) is 0 Å². The number of hydrogen-bond donors (Lipinski definition) is 0. The molecule has 4 rings (SSSR count). The van der Waals surface area contributed by atoms with Gasteiger partial charge in [-0.2, -0.15) is 0 Å². The van der Waals surface area contributed by atoms with E-state index < -0.39 is 5.41 Å². The zero-order chi connectivity index (χ0) is 15.5. The summed E-state index contributed by atoms with van der Waals surface area (Å²) < 4.78 is 0. The Balaban J connectivity index is 1.85. The highest BCUT2D eigenvalue weighted by molar-refractivity contribution is 6.11. The van der Waals surface area contributed by atoms with Crippen LogP contribution in [0.5, 0.6) is 0 Å². The number of carbonyl (C=O) groups is 2. The predicted molar refractivity (Wildman–Crippen MR) is 86.0 cm³/mol. The molecule has 0 radical (unpaired) electrons. The molecule has 0 N–H and O–H groups in total. The van der Waals surface area contributed by atoms with Crippen LogP contribution in [0.4, 0.5) is 5.69 Å². The van der Waals surface area contributed by atoms with Crippen molar-refractivity contribution < 1.29 is 9.59 Å². The summed E-state index contributed by atoms with van der Waals surface area (Å²) in [6.45, 7) is 5.05. The molecule has 1 aromatic rings. The Labute approximate surface area is 131 Å². The third-order valence-corrected chi connectivity index (χ3v) is 5.87. The highest BCUT2D eigenvalue weighted by atomic mass is 16.2. The van der Waals surface area contributed by atoms with Gasteiger partial charge in [0, 0.05) is 31.1 Å². The number of fused-ring (bicyclic) bond motifs is 4. The molecule has 2 fully saturated rings. The lowest BCUT2D eigenvalue weighted by Crippen LogP contribution is -2.61. The molecule has 2 heterocycles. The molecule has 116 valence electrons. The van der Waals surface area contributed by atoms with Crippen molar-refractivity contribution in [3.05, 3.63) is 29.8 Å². The van der Waals surface area contributed by atoms with E-state index in [9.17, 15) is 9.59 Å². The molecule has 1 saturated heterocycles. The molecule has 22 heavy (non-hydrogen) atoms. The molecule has 3 nitrogen and oxygen atoms in total. The number of nitrogens with zero attached hydrogens (tertiary/aromatic N) is 1. The van der Waals surface area contributed by atoms with Crippen LogP contribution in [0.15, 0.2) is 24.3 Å². The number of para-hydroxylation sites is 1. The Morgan fingerprint density at radius 1 is 1.05 bits per heavy atom. The summed E-state index contributed by atoms with van der Waals surface area (Å²) in [5, 5.41) is 0. The second-order valence-electron chi connectivity index (χ2n) is 7.99. The van der Waals surface area contributed by atoms with Crippen LogP contribution in [-0.2, 0) is 16.0 Å². The molecule has 0 aromatic heterocycles. The predicted octanol–water partition coefficient (Wildman–Crippen LogP) is 3.16. The van der Waals surface area contributed by atoms with Crippen molar-refractivity contribution in [2.24, 2.45) is 10.8 Å². The summed E-state index contributed by atoms with van der Waals surface area (Å²) in [4.78, 5) is 28.5. The van der Waals surface area contributed by atoms with Crippen LogP contribution in [0.2, 0.25) is 0 Å². The van der Waals surface area contributed by atoms with Gasteiger partial charge < -0.3 is 4.90 Å². The van der Waals surface area contributed by atoms with Crippen LogP contribution in [0, 0.1) is 10.8 Å². The average Bonchev–Trinajstić information content (AvgIpc) is 2.93. The van der Waals surface area contributed by atoms with E-state index in [1.807, 2.05) is 19.9 Å². The monoisotopic (exact) mass is 297 g/mol. The lowest BCUT2D eigenvalue weighted by atomic mass is 9.57. The summed E-state index contributed by atoms with van der Waals surface area (Å²) in [7, 11) is 0. The normalized spacial score (nSPS) is 28.6. The fourth-order valence-electron chi connectivity index (χ4n) is 4.90. The van der Waals surface area contributed by atoms with Gasteiger partial charge >= 0.3 is 0 Å². The molecule has 3 aliphatic rings. The van der Waals surface area contributed by atoms with Gasteiger partial charge in [-0.3, -0.25) is 9.59 Å². The highest BCUT2D eigenvalue weighted by Crippen LogP contribution is 2.52. The van der Waals surface area contributed by atoms with Crippen molar-refractivity contribution in [3.8, 4) is 0 Å². The van der Waals surface area contributed by atoms with E-state index in [2.05, 4.69) is 23.1 Å². The van der Waals surface area contributed by atoms with Crippen LogP contribution >= 0.6 is 0 Å². The SMILES string of the molecule is CC1(C)CC(=O)C2(Cc3ccccc3N3CCC[C@H]32)C(=O)C1. The van der Waals surface area contributed by atoms with Gasteiger partial charge in [-0.05, 0) is 36.3 Å². The standard InChI is InChI=1S/C19H23NO2/c1-18(2)11-16(21)19(17(22)12-18)10-13-6-3-4-7-14(13)20-9-5-8-15(19)20/h3-4,6-7,15H,5,8-12H2,1-2H3/t15-/m0/s1. The first-order valence-corrected chi connectivity index (χ1v) is 8.35. The topological polar surface area (TPSA) is 37.4 Å². The molecule has 1 aromatic carbocycles. The molecular weight excluding hydrogens is 274 g/mol. The number of Topliss-reactive ketones (excluding diaryl/α,β-unsaturated/α-hetero) is 2. The molecule has 0 unspecified atom stereocenters. The van der Waals surface area contributed by atoms with Gasteiger partial charge in [0.25, 0.3) is 0 Å². The van der Waals surface area contributed by atoms with E-state index in [1.54, 1.807) is 0 Å². The summed E-state index contributed by atoms with van der Waals surface area (Å²) >= 11 is 0. The zero-order valence-electron chi connectivity index (χ0n) is 13.4. The van der Waals surface area contributed by atoms with Crippen molar-refractivity contribution in [1.29, 1.82) is 0 Å². The van der Waals surface area contributed by atoms with Crippen LogP contribution < -0.4 is 4.90 Å². The summed E-state index contributed by atoms with van der Waals surface area (Å²) in [6.07, 6.45) is 3.71. The molecule has 2 aliphatic heterocycles. The number of benzene rings is 1. The Morgan fingerprint density at radius 2 is 1.73 bits per heavy atom. The fraction of sp³-hybridized carbons (Fsp3) is 0.579. The molecular formula is C19H23NO2. The Hall–Kier alpha value is -1.64. The summed E-state index contributed by atoms with van der Waals surface area (Å²) in [5.41, 5.74) is 1.45. The Bertz CT molecular complexity index is 641. The van der Waals surface area contributed by atoms with E-state index in [4.69, 9.17) is 0 Å². The number of hydrogen-bond acceptors (Lipinski definition) is 3. The van der Waals surface area contributed by atoms with E-state index >= 15 is 0 Å². The Morgan fingerprint density at radius 3 is 2.45 bits per heavy atom. The zero-order valence-corrected chi connectivity index (χ0v) is 13.4. The lowest BCUT2D eigenvalue weighted by Gasteiger charge is -2.50. The van der Waals surface area contributed by atoms with Crippen LogP contribution in [0.3, 0.4) is 0 Å². The quantitative estimate of drug-likeness (QED) is 0.690. The molecule has 1 aliphatic carbocycles. The van der Waals surface area contributed by atoms with Gasteiger partial charge in [0.05, 0.1) is 0 Å². The maximum atomic E-state index is 13.1. The minimum absolute atomic E-state index is 0.0819. The van der Waals surface area contributed by atoms with Crippen molar-refractivity contribution in [2.75, 3.05) is 11.4 Å². The maximum Gasteiger partial charge on any atom is 0.149 e. The highest BCUT2D eigenvalue weighted by Gasteiger charge is 2.60. The third-order valence-electron chi connectivity index (χ3n) is 5.87. The molecule has 1 spiro atoms. The first kappa shape index (κ1) is 14.0. The number of carbonyl (C=O) groups excluding carboxylic acids is 2. The molecule has 0 amide bonds. The Kier molecular flexibility index (Phi) is 2.82. The maximum absolute atomic E-state index is 13.1. The second-order valence-corrected chi connectivity index (χ2v) is 7.99. The van der Waals surface area contributed by atoms with E-state index in [1.165, 1.54) is 11.3 Å². The van der Waals surface area contributed by atoms with Gasteiger partial charge in [0.2, 0.25) is 0 Å². The summed E-state index contributed by atoms with van der Waals surface area (Å²) in [6, 6.07) is 8.39. The van der Waals surface area contributed by atoms with E-state index in [-0.39, 0.29) is 23.0 Å². The minimum atomic E-state index is -0.777. The number of anilines is 1. The number of ketones is 2. The van der Waals surface area contributed by atoms with E-state index in [0.29, 0.717) is 19.3 Å². The third kappa shape index (κ3) is 1.74. The largest absolute Gasteiger partial charge is 0.367 e. The average molecular weight is 297 g/mol. The van der Waals surface area contributed by atoms with Crippen LogP contribution in [0.1, 0.15) is 45.1 Å². The van der Waals surface area contributed by atoms with Crippen LogP contribution in [0.25, 0.3) is 0 Å². The van der Waals surface area contributed by atoms with Gasteiger partial charge in [0.15, 0.2) is 0 Å². The van der Waals surface area contributed by atoms with Crippen molar-refractivity contribution in [1.82, 2.24) is 0 Å². The van der Waals surface area contributed by atoms with Crippen LogP contribution in [-0.4, -0.2) is 24.2 Å². The first-order valence-electron chi connectivity index (χ1n) is 8.35. The molecule has 3 heteroatoms. The van der Waals surface area contributed by atoms with E-state index in [0.717, 1.165) is 19.4 Å². The van der Waals surface area contributed by atoms with Crippen molar-refractivity contribution in [2.45, 2.75) is 52.0 Å². The fourth-order valence-corrected chi connectivity index (χ4v) is 4.90. The van der Waals surface area contributed by atoms with Gasteiger partial charge in [-0.1, -0.05) is 32.0 Å². The van der Waals surface area contributed by atoms with Gasteiger partial charge in [0.1, 0.15) is 17.0 Å². The second kappa shape index (κ2) is 4.43. The number of rotatable bonds is 0. The summed E-state index contributed by atoms with van der Waals surface area (Å²) in [5.74, 6) is 0.361. The van der Waals surface area contributed by atoms with Crippen molar-refractivity contribution >= 4 is 17.3 Å². The smallest absolute Gasteiger partial charge is 0.149 e. The molecule has 0 bridgehead atoms. The van der Waals surface area contributed by atoms with Crippen molar-refractivity contribution in [3.63, 3.8) is 0 Å².